The molecule has 1 N–H and O–H groups in total. The van der Waals surface area contributed by atoms with Gasteiger partial charge in [-0.2, -0.15) is 0 Å². The lowest BCUT2D eigenvalue weighted by molar-refractivity contribution is 0.00840. The summed E-state index contributed by atoms with van der Waals surface area (Å²) in [5.41, 5.74) is 5.29. The maximum absolute atomic E-state index is 5.28. The summed E-state index contributed by atoms with van der Waals surface area (Å²) in [5, 5.41) is 3.46. The quantitative estimate of drug-likeness (QED) is 0.847. The molecule has 0 radical (unpaired) electrons. The number of nitrogens with one attached hydrogen (secondary N) is 1. The van der Waals surface area contributed by atoms with Crippen LogP contribution in [0.2, 0.25) is 0 Å². The first-order valence-electron chi connectivity index (χ1n) is 6.81. The van der Waals surface area contributed by atoms with Crippen molar-refractivity contribution in [3.8, 4) is 0 Å². The van der Waals surface area contributed by atoms with Crippen LogP contribution in [0.25, 0.3) is 0 Å². The van der Waals surface area contributed by atoms with Gasteiger partial charge >= 0.3 is 0 Å². The zero-order valence-corrected chi connectivity index (χ0v) is 10.7. The molecular weight excluding hydrogens is 236 g/mol. The number of hydrogen-bond donors (Lipinski definition) is 1. The Morgan fingerprint density at radius 3 is 2.84 bits per heavy atom. The van der Waals surface area contributed by atoms with E-state index in [2.05, 4.69) is 34.6 Å². The maximum Gasteiger partial charge on any atom is 0.133 e. The fourth-order valence-corrected chi connectivity index (χ4v) is 2.77. The zero-order chi connectivity index (χ0) is 12.7. The van der Waals surface area contributed by atoms with Crippen LogP contribution in [0.1, 0.15) is 22.6 Å². The number of aromatic nitrogens is 1. The molecule has 1 aromatic carbocycles. The average molecular weight is 252 g/mol. The van der Waals surface area contributed by atoms with Crippen LogP contribution in [-0.4, -0.2) is 18.2 Å². The second kappa shape index (κ2) is 4.35. The van der Waals surface area contributed by atoms with Gasteiger partial charge in [0.1, 0.15) is 5.82 Å². The predicted octanol–water partition coefficient (Wildman–Crippen LogP) is 3.04. The molecule has 1 saturated heterocycles. The van der Waals surface area contributed by atoms with Gasteiger partial charge in [-0.15, -0.1) is 0 Å². The Balaban J connectivity index is 1.70. The van der Waals surface area contributed by atoms with E-state index in [9.17, 15) is 0 Å². The number of ether oxygens (including phenoxy) is 1. The Hall–Kier alpha value is -1.87. The van der Waals surface area contributed by atoms with Crippen molar-refractivity contribution in [3.63, 3.8) is 0 Å². The molecule has 2 aliphatic rings. The summed E-state index contributed by atoms with van der Waals surface area (Å²) in [6, 6.07) is 10.9. The molecule has 3 heterocycles. The van der Waals surface area contributed by atoms with E-state index in [1.807, 2.05) is 12.3 Å². The molecule has 2 aliphatic heterocycles. The topological polar surface area (TPSA) is 34.1 Å². The molecule has 0 unspecified atom stereocenters. The molecule has 4 rings (SSSR count). The first kappa shape index (κ1) is 11.0. The number of anilines is 2. The Labute approximate surface area is 112 Å². The third kappa shape index (κ3) is 1.90. The minimum absolute atomic E-state index is 0.592. The van der Waals surface area contributed by atoms with Gasteiger partial charge in [0, 0.05) is 17.8 Å². The van der Waals surface area contributed by atoms with Crippen molar-refractivity contribution >= 4 is 11.5 Å². The number of rotatable bonds is 1. The third-order valence-electron chi connectivity index (χ3n) is 4.05. The first-order chi connectivity index (χ1) is 9.40. The SMILES string of the molecule is c1cnc2c(c1)CCc1cc(C3COC3)ccc1N2. The molecule has 0 aliphatic carbocycles. The highest BCUT2D eigenvalue weighted by molar-refractivity contribution is 5.65. The van der Waals surface area contributed by atoms with Crippen LogP contribution in [0.3, 0.4) is 0 Å². The average Bonchev–Trinajstić information content (AvgIpc) is 2.56. The summed E-state index contributed by atoms with van der Waals surface area (Å²) < 4.78 is 5.28. The van der Waals surface area contributed by atoms with Crippen LogP contribution in [0.4, 0.5) is 11.5 Å². The molecule has 1 fully saturated rings. The van der Waals surface area contributed by atoms with Crippen molar-refractivity contribution < 1.29 is 4.74 Å². The normalized spacial score (nSPS) is 17.7. The van der Waals surface area contributed by atoms with Crippen LogP contribution in [0, 0.1) is 0 Å². The number of hydrogen-bond acceptors (Lipinski definition) is 3. The summed E-state index contributed by atoms with van der Waals surface area (Å²) in [7, 11) is 0. The van der Waals surface area contributed by atoms with Crippen molar-refractivity contribution in [1.82, 2.24) is 4.98 Å². The van der Waals surface area contributed by atoms with E-state index in [4.69, 9.17) is 4.74 Å². The Kier molecular flexibility index (Phi) is 2.52. The van der Waals surface area contributed by atoms with E-state index in [-0.39, 0.29) is 0 Å². The van der Waals surface area contributed by atoms with E-state index in [1.165, 1.54) is 22.4 Å². The molecule has 0 spiro atoms. The van der Waals surface area contributed by atoms with Gasteiger partial charge < -0.3 is 10.1 Å². The monoisotopic (exact) mass is 252 g/mol. The molecule has 96 valence electrons. The Morgan fingerprint density at radius 2 is 2.00 bits per heavy atom. The summed E-state index contributed by atoms with van der Waals surface area (Å²) >= 11 is 0. The lowest BCUT2D eigenvalue weighted by Gasteiger charge is -2.27. The van der Waals surface area contributed by atoms with Gasteiger partial charge in [0.15, 0.2) is 0 Å². The molecule has 19 heavy (non-hydrogen) atoms. The standard InChI is InChI=1S/C16H16N2O/c1-2-11-3-4-13-8-12(14-9-19-10-14)5-6-15(13)18-16(11)17-7-1/h1-2,5-8,14H,3-4,9-10H2,(H,17,18). The van der Waals surface area contributed by atoms with Crippen LogP contribution in [0.15, 0.2) is 36.5 Å². The second-order valence-electron chi connectivity index (χ2n) is 5.29. The third-order valence-corrected chi connectivity index (χ3v) is 4.05. The van der Waals surface area contributed by atoms with Crippen LogP contribution in [0.5, 0.6) is 0 Å². The highest BCUT2D eigenvalue weighted by Crippen LogP contribution is 2.32. The largest absolute Gasteiger partial charge is 0.380 e. The number of pyridine rings is 1. The highest BCUT2D eigenvalue weighted by Gasteiger charge is 2.22. The minimum atomic E-state index is 0.592. The molecule has 2 aromatic rings. The molecular formula is C16H16N2O. The van der Waals surface area contributed by atoms with Crippen molar-refractivity contribution in [2.24, 2.45) is 0 Å². The van der Waals surface area contributed by atoms with Crippen LogP contribution >= 0.6 is 0 Å². The number of benzene rings is 1. The maximum atomic E-state index is 5.28. The van der Waals surface area contributed by atoms with Gasteiger partial charge in [-0.05, 0) is 41.7 Å². The molecule has 0 amide bonds. The zero-order valence-electron chi connectivity index (χ0n) is 10.7. The van der Waals surface area contributed by atoms with E-state index in [0.29, 0.717) is 5.92 Å². The summed E-state index contributed by atoms with van der Waals surface area (Å²) in [4.78, 5) is 4.43. The number of aryl methyl sites for hydroxylation is 2. The summed E-state index contributed by atoms with van der Waals surface area (Å²) in [5.74, 6) is 1.59. The first-order valence-corrected chi connectivity index (χ1v) is 6.81. The van der Waals surface area contributed by atoms with Gasteiger partial charge in [-0.25, -0.2) is 4.98 Å². The summed E-state index contributed by atoms with van der Waals surface area (Å²) in [6.07, 6.45) is 3.97. The van der Waals surface area contributed by atoms with E-state index >= 15 is 0 Å². The van der Waals surface area contributed by atoms with Crippen LogP contribution in [-0.2, 0) is 17.6 Å². The van der Waals surface area contributed by atoms with Gasteiger partial charge in [0.25, 0.3) is 0 Å². The van der Waals surface area contributed by atoms with Gasteiger partial charge in [0.2, 0.25) is 0 Å². The predicted molar refractivity (Wildman–Crippen MR) is 74.9 cm³/mol. The molecule has 0 atom stereocenters. The minimum Gasteiger partial charge on any atom is -0.380 e. The lowest BCUT2D eigenvalue weighted by Crippen LogP contribution is -2.25. The van der Waals surface area contributed by atoms with Crippen molar-refractivity contribution in [2.45, 2.75) is 18.8 Å². The lowest BCUT2D eigenvalue weighted by atomic mass is 9.94. The highest BCUT2D eigenvalue weighted by atomic mass is 16.5. The van der Waals surface area contributed by atoms with E-state index < -0.39 is 0 Å². The second-order valence-corrected chi connectivity index (χ2v) is 5.29. The molecule has 0 bridgehead atoms. The molecule has 0 saturated carbocycles. The van der Waals surface area contributed by atoms with Crippen molar-refractivity contribution in [3.05, 3.63) is 53.2 Å². The number of fused-ring (bicyclic) bond motifs is 2. The van der Waals surface area contributed by atoms with E-state index in [1.54, 1.807) is 0 Å². The molecule has 3 heteroatoms. The van der Waals surface area contributed by atoms with Gasteiger partial charge in [-0.3, -0.25) is 0 Å². The molecule has 1 aromatic heterocycles. The van der Waals surface area contributed by atoms with Gasteiger partial charge in [-0.1, -0.05) is 18.2 Å². The molecule has 3 nitrogen and oxygen atoms in total. The van der Waals surface area contributed by atoms with Crippen molar-refractivity contribution in [1.29, 1.82) is 0 Å². The summed E-state index contributed by atoms with van der Waals surface area (Å²) in [6.45, 7) is 1.74. The Bertz CT molecular complexity index is 620. The Morgan fingerprint density at radius 1 is 1.11 bits per heavy atom. The fourth-order valence-electron chi connectivity index (χ4n) is 2.77. The number of nitrogens with zero attached hydrogens (tertiary/aromatic N) is 1. The van der Waals surface area contributed by atoms with E-state index in [0.717, 1.165) is 31.9 Å². The van der Waals surface area contributed by atoms with Crippen molar-refractivity contribution in [2.75, 3.05) is 18.5 Å². The fraction of sp³-hybridized carbons (Fsp3) is 0.312. The van der Waals surface area contributed by atoms with Crippen LogP contribution < -0.4 is 5.32 Å². The van der Waals surface area contributed by atoms with Gasteiger partial charge in [0.05, 0.1) is 13.2 Å². The smallest absolute Gasteiger partial charge is 0.133 e.